The van der Waals surface area contributed by atoms with Gasteiger partial charge in [-0.25, -0.2) is 4.79 Å². The van der Waals surface area contributed by atoms with Crippen LogP contribution in [-0.4, -0.2) is 23.4 Å². The van der Waals surface area contributed by atoms with Gasteiger partial charge in [0.1, 0.15) is 0 Å². The third kappa shape index (κ3) is 7.49. The number of allylic oxidation sites excluding steroid dienone is 2. The second kappa shape index (κ2) is 7.79. The van der Waals surface area contributed by atoms with E-state index in [-0.39, 0.29) is 11.4 Å². The third-order valence-corrected chi connectivity index (χ3v) is 1.74. The second-order valence-electron chi connectivity index (χ2n) is 3.14. The molecule has 0 fully saturated rings. The molecule has 84 valence electrons. The van der Waals surface area contributed by atoms with Gasteiger partial charge in [-0.15, -0.1) is 0 Å². The van der Waals surface area contributed by atoms with Crippen molar-refractivity contribution in [2.24, 2.45) is 0 Å². The average Bonchev–Trinajstić information content (AvgIpc) is 2.15. The lowest BCUT2D eigenvalue weighted by Gasteiger charge is -1.98. The lowest BCUT2D eigenvalue weighted by Crippen LogP contribution is -2.07. The fourth-order valence-electron chi connectivity index (χ4n) is 0.911. The molecule has 2 N–H and O–H groups in total. The van der Waals surface area contributed by atoms with Crippen LogP contribution in [0.5, 0.6) is 0 Å². The van der Waals surface area contributed by atoms with Gasteiger partial charge in [-0.1, -0.05) is 13.3 Å². The molecule has 0 rings (SSSR count). The smallest absolute Gasteiger partial charge is 0.329 e. The number of nitrogens with one attached hydrogen (secondary N) is 1. The zero-order valence-electron chi connectivity index (χ0n) is 9.12. The standard InChI is InChI=1S/C11H17NO3/c1-3-4-6-12-7-5-10(9(2)13)8-11(14)15/h5,7-8,12H,3-4,6H2,1-2H3,(H,14,15). The summed E-state index contributed by atoms with van der Waals surface area (Å²) in [4.78, 5) is 21.4. The normalized spacial score (nSPS) is 11.7. The van der Waals surface area contributed by atoms with Crippen molar-refractivity contribution in [1.29, 1.82) is 0 Å². The molecule has 0 aliphatic carbocycles. The van der Waals surface area contributed by atoms with E-state index in [0.717, 1.165) is 25.5 Å². The average molecular weight is 211 g/mol. The van der Waals surface area contributed by atoms with Crippen LogP contribution in [-0.2, 0) is 9.59 Å². The predicted molar refractivity (Wildman–Crippen MR) is 58.5 cm³/mol. The van der Waals surface area contributed by atoms with Gasteiger partial charge in [0.15, 0.2) is 5.78 Å². The number of ketones is 1. The molecule has 0 radical (unpaired) electrons. The lowest BCUT2D eigenvalue weighted by atomic mass is 10.1. The first-order chi connectivity index (χ1) is 7.07. The second-order valence-corrected chi connectivity index (χ2v) is 3.14. The Balaban J connectivity index is 4.18. The van der Waals surface area contributed by atoms with Crippen LogP contribution >= 0.6 is 0 Å². The Morgan fingerprint density at radius 2 is 2.07 bits per heavy atom. The van der Waals surface area contributed by atoms with E-state index in [1.54, 1.807) is 6.20 Å². The minimum atomic E-state index is -1.11. The zero-order chi connectivity index (χ0) is 11.7. The van der Waals surface area contributed by atoms with Crippen molar-refractivity contribution in [3.63, 3.8) is 0 Å². The fraction of sp³-hybridized carbons (Fsp3) is 0.455. The summed E-state index contributed by atoms with van der Waals surface area (Å²) in [7, 11) is 0. The molecule has 0 saturated carbocycles. The van der Waals surface area contributed by atoms with Gasteiger partial charge < -0.3 is 10.4 Å². The number of hydrogen-bond acceptors (Lipinski definition) is 3. The van der Waals surface area contributed by atoms with Crippen LogP contribution in [0.1, 0.15) is 26.7 Å². The Bertz CT molecular complexity index is 280. The first-order valence-corrected chi connectivity index (χ1v) is 4.93. The van der Waals surface area contributed by atoms with E-state index in [2.05, 4.69) is 12.2 Å². The number of hydrogen-bond donors (Lipinski definition) is 2. The Kier molecular flexibility index (Phi) is 6.97. The third-order valence-electron chi connectivity index (χ3n) is 1.74. The van der Waals surface area contributed by atoms with Gasteiger partial charge in [-0.05, 0) is 25.6 Å². The van der Waals surface area contributed by atoms with Crippen molar-refractivity contribution < 1.29 is 14.7 Å². The number of carbonyl (C=O) groups is 2. The van der Waals surface area contributed by atoms with Crippen LogP contribution in [0.2, 0.25) is 0 Å². The Hall–Kier alpha value is -1.58. The van der Waals surface area contributed by atoms with Gasteiger partial charge in [-0.2, -0.15) is 0 Å². The van der Waals surface area contributed by atoms with Crippen LogP contribution in [0.3, 0.4) is 0 Å². The Labute approximate surface area is 89.7 Å². The van der Waals surface area contributed by atoms with Crippen molar-refractivity contribution in [3.05, 3.63) is 23.9 Å². The maximum atomic E-state index is 11.0. The number of aliphatic carboxylic acids is 1. The van der Waals surface area contributed by atoms with Crippen LogP contribution in [0.4, 0.5) is 0 Å². The van der Waals surface area contributed by atoms with Gasteiger partial charge in [-0.3, -0.25) is 4.79 Å². The van der Waals surface area contributed by atoms with E-state index in [1.807, 2.05) is 0 Å². The summed E-state index contributed by atoms with van der Waals surface area (Å²) >= 11 is 0. The van der Waals surface area contributed by atoms with Crippen molar-refractivity contribution >= 4 is 11.8 Å². The maximum Gasteiger partial charge on any atom is 0.329 e. The van der Waals surface area contributed by atoms with E-state index < -0.39 is 5.97 Å². The molecule has 4 nitrogen and oxygen atoms in total. The summed E-state index contributed by atoms with van der Waals surface area (Å²) in [5, 5.41) is 11.5. The molecule has 0 amide bonds. The molecular formula is C11H17NO3. The molecule has 0 atom stereocenters. The maximum absolute atomic E-state index is 11.0. The molecule has 0 heterocycles. The highest BCUT2D eigenvalue weighted by Gasteiger charge is 2.01. The quantitative estimate of drug-likeness (QED) is 0.380. The molecule has 0 bridgehead atoms. The number of carboxylic acids is 1. The molecular weight excluding hydrogens is 194 g/mol. The summed E-state index contributed by atoms with van der Waals surface area (Å²) < 4.78 is 0. The van der Waals surface area contributed by atoms with Crippen molar-refractivity contribution in [3.8, 4) is 0 Å². The fourth-order valence-corrected chi connectivity index (χ4v) is 0.911. The van der Waals surface area contributed by atoms with Crippen molar-refractivity contribution in [2.75, 3.05) is 6.54 Å². The van der Waals surface area contributed by atoms with Crippen LogP contribution in [0.15, 0.2) is 23.9 Å². The molecule has 0 aromatic rings. The highest BCUT2D eigenvalue weighted by Crippen LogP contribution is 1.98. The molecule has 4 heteroatoms. The van der Waals surface area contributed by atoms with Gasteiger partial charge in [0.2, 0.25) is 0 Å². The number of Topliss-reactive ketones (excluding diaryl/α,β-unsaturated/α-hetero) is 1. The van der Waals surface area contributed by atoms with Crippen molar-refractivity contribution in [1.82, 2.24) is 5.32 Å². The minimum absolute atomic E-state index is 0.187. The summed E-state index contributed by atoms with van der Waals surface area (Å²) in [5.41, 5.74) is 0.187. The minimum Gasteiger partial charge on any atom is -0.478 e. The van der Waals surface area contributed by atoms with E-state index in [4.69, 9.17) is 5.11 Å². The molecule has 0 aromatic heterocycles. The largest absolute Gasteiger partial charge is 0.478 e. The number of rotatable bonds is 7. The van der Waals surface area contributed by atoms with E-state index in [1.165, 1.54) is 13.0 Å². The molecule has 0 unspecified atom stereocenters. The summed E-state index contributed by atoms with van der Waals surface area (Å²) in [6.07, 6.45) is 6.12. The molecule has 0 aromatic carbocycles. The van der Waals surface area contributed by atoms with Gasteiger partial charge >= 0.3 is 5.97 Å². The van der Waals surface area contributed by atoms with Crippen LogP contribution in [0, 0.1) is 0 Å². The zero-order valence-corrected chi connectivity index (χ0v) is 9.12. The number of carboxylic acid groups (broad SMARTS) is 1. The Morgan fingerprint density at radius 1 is 1.40 bits per heavy atom. The van der Waals surface area contributed by atoms with Gasteiger partial charge in [0.25, 0.3) is 0 Å². The highest BCUT2D eigenvalue weighted by molar-refractivity contribution is 6.01. The molecule has 0 aliphatic heterocycles. The first kappa shape index (κ1) is 13.4. The van der Waals surface area contributed by atoms with E-state index in [0.29, 0.717) is 0 Å². The molecule has 0 spiro atoms. The molecule has 0 saturated heterocycles. The SMILES string of the molecule is CCCCNC=CC(=CC(=O)O)C(C)=O. The van der Waals surface area contributed by atoms with Crippen LogP contribution < -0.4 is 5.32 Å². The van der Waals surface area contributed by atoms with E-state index in [9.17, 15) is 9.59 Å². The van der Waals surface area contributed by atoms with E-state index >= 15 is 0 Å². The Morgan fingerprint density at radius 3 is 2.53 bits per heavy atom. The monoisotopic (exact) mass is 211 g/mol. The lowest BCUT2D eigenvalue weighted by molar-refractivity contribution is -0.131. The number of unbranched alkanes of at least 4 members (excludes halogenated alkanes) is 1. The molecule has 15 heavy (non-hydrogen) atoms. The van der Waals surface area contributed by atoms with Gasteiger partial charge in [0.05, 0.1) is 0 Å². The van der Waals surface area contributed by atoms with Crippen LogP contribution in [0.25, 0.3) is 0 Å². The predicted octanol–water partition coefficient (Wildman–Crippen LogP) is 1.49. The number of carbonyl (C=O) groups excluding carboxylic acids is 1. The summed E-state index contributed by atoms with van der Waals surface area (Å²) in [6.45, 7) is 4.24. The highest BCUT2D eigenvalue weighted by atomic mass is 16.4. The topological polar surface area (TPSA) is 66.4 Å². The summed E-state index contributed by atoms with van der Waals surface area (Å²) in [5.74, 6) is -1.37. The first-order valence-electron chi connectivity index (χ1n) is 4.93. The van der Waals surface area contributed by atoms with Gasteiger partial charge in [0, 0.05) is 18.2 Å². The molecule has 0 aliphatic rings. The van der Waals surface area contributed by atoms with Crippen molar-refractivity contribution in [2.45, 2.75) is 26.7 Å². The summed E-state index contributed by atoms with van der Waals surface area (Å²) in [6, 6.07) is 0.